The minimum Gasteiger partial charge on any atom is -0.457 e. The number of carbonyl (C=O) groups is 1. The number of aliphatic hydroxyl groups is 1. The lowest BCUT2D eigenvalue weighted by molar-refractivity contribution is -0.149. The summed E-state index contributed by atoms with van der Waals surface area (Å²) < 4.78 is 16.5. The van der Waals surface area contributed by atoms with Crippen LogP contribution in [0, 0.1) is 0 Å². The molecule has 0 aliphatic heterocycles. The Kier molecular flexibility index (Phi) is 8.99. The van der Waals surface area contributed by atoms with Gasteiger partial charge in [-0.1, -0.05) is 30.3 Å². The fourth-order valence-corrected chi connectivity index (χ4v) is 2.25. The molecule has 1 aromatic rings. The van der Waals surface area contributed by atoms with Gasteiger partial charge in [-0.05, 0) is 46.3 Å². The van der Waals surface area contributed by atoms with E-state index in [9.17, 15) is 9.90 Å². The molecule has 0 aliphatic rings. The molecule has 0 bridgehead atoms. The molecule has 0 amide bonds. The molecule has 26 heavy (non-hydrogen) atoms. The third kappa shape index (κ3) is 8.61. The third-order valence-electron chi connectivity index (χ3n) is 3.85. The van der Waals surface area contributed by atoms with E-state index in [2.05, 4.69) is 0 Å². The van der Waals surface area contributed by atoms with Crippen LogP contribution in [-0.4, -0.2) is 42.1 Å². The summed E-state index contributed by atoms with van der Waals surface area (Å²) >= 11 is 0. The van der Waals surface area contributed by atoms with Crippen LogP contribution in [0.3, 0.4) is 0 Å². The van der Waals surface area contributed by atoms with E-state index in [1.54, 1.807) is 27.0 Å². The maximum absolute atomic E-state index is 12.2. The predicted molar refractivity (Wildman–Crippen MR) is 102 cm³/mol. The number of aliphatic hydroxyl groups excluding tert-OH is 1. The van der Waals surface area contributed by atoms with E-state index in [1.807, 2.05) is 51.1 Å². The Bertz CT molecular complexity index is 574. The molecule has 0 radical (unpaired) electrons. The monoisotopic (exact) mass is 364 g/mol. The van der Waals surface area contributed by atoms with Crippen LogP contribution >= 0.6 is 0 Å². The van der Waals surface area contributed by atoms with Crippen LogP contribution in [0.4, 0.5) is 0 Å². The van der Waals surface area contributed by atoms with Gasteiger partial charge in [0.1, 0.15) is 5.60 Å². The SMILES string of the molecule is CO[C@H](C)[C@H](O)C[C@H](/C=C(\C)C(=O)OC(C)(C)C)OCc1ccccc1. The van der Waals surface area contributed by atoms with Crippen LogP contribution in [0.2, 0.25) is 0 Å². The van der Waals surface area contributed by atoms with Crippen LogP contribution in [0.15, 0.2) is 42.0 Å². The second-order valence-electron chi connectivity index (χ2n) is 7.43. The smallest absolute Gasteiger partial charge is 0.334 e. The van der Waals surface area contributed by atoms with Crippen molar-refractivity contribution in [2.24, 2.45) is 0 Å². The first-order valence-corrected chi connectivity index (χ1v) is 8.90. The molecule has 0 heterocycles. The van der Waals surface area contributed by atoms with Gasteiger partial charge in [0.25, 0.3) is 0 Å². The molecular weight excluding hydrogens is 332 g/mol. The number of rotatable bonds is 9. The van der Waals surface area contributed by atoms with Crippen LogP contribution < -0.4 is 0 Å². The number of hydrogen-bond donors (Lipinski definition) is 1. The van der Waals surface area contributed by atoms with Crippen molar-refractivity contribution in [2.75, 3.05) is 7.11 Å². The Labute approximate surface area is 157 Å². The van der Waals surface area contributed by atoms with Crippen molar-refractivity contribution in [3.63, 3.8) is 0 Å². The van der Waals surface area contributed by atoms with E-state index >= 15 is 0 Å². The van der Waals surface area contributed by atoms with Gasteiger partial charge in [0, 0.05) is 19.1 Å². The number of benzene rings is 1. The summed E-state index contributed by atoms with van der Waals surface area (Å²) in [5, 5.41) is 10.3. The molecule has 146 valence electrons. The summed E-state index contributed by atoms with van der Waals surface area (Å²) in [4.78, 5) is 12.2. The summed E-state index contributed by atoms with van der Waals surface area (Å²) in [6, 6.07) is 9.76. The zero-order valence-corrected chi connectivity index (χ0v) is 16.7. The van der Waals surface area contributed by atoms with Crippen molar-refractivity contribution in [1.82, 2.24) is 0 Å². The molecule has 0 unspecified atom stereocenters. The Morgan fingerprint density at radius 2 is 1.85 bits per heavy atom. The van der Waals surface area contributed by atoms with Gasteiger partial charge in [-0.25, -0.2) is 4.79 Å². The lowest BCUT2D eigenvalue weighted by Crippen LogP contribution is -2.30. The predicted octanol–water partition coefficient (Wildman–Crippen LogP) is 3.65. The highest BCUT2D eigenvalue weighted by atomic mass is 16.6. The van der Waals surface area contributed by atoms with E-state index < -0.39 is 17.8 Å². The largest absolute Gasteiger partial charge is 0.457 e. The van der Waals surface area contributed by atoms with Crippen molar-refractivity contribution in [1.29, 1.82) is 0 Å². The topological polar surface area (TPSA) is 65.0 Å². The highest BCUT2D eigenvalue weighted by Gasteiger charge is 2.22. The van der Waals surface area contributed by atoms with Gasteiger partial charge in [-0.2, -0.15) is 0 Å². The highest BCUT2D eigenvalue weighted by molar-refractivity contribution is 5.88. The lowest BCUT2D eigenvalue weighted by Gasteiger charge is -2.23. The lowest BCUT2D eigenvalue weighted by atomic mass is 10.0. The summed E-state index contributed by atoms with van der Waals surface area (Å²) in [5.41, 5.74) is 0.918. The standard InChI is InChI=1S/C21H32O5/c1-15(20(23)26-21(3,4)5)12-18(13-19(22)16(2)24-6)25-14-17-10-8-7-9-11-17/h7-12,16,18-19,22H,13-14H2,1-6H3/b15-12+/t16-,18+,19-/m1/s1. The second-order valence-corrected chi connectivity index (χ2v) is 7.43. The van der Waals surface area contributed by atoms with Crippen molar-refractivity contribution in [3.8, 4) is 0 Å². The van der Waals surface area contributed by atoms with Gasteiger partial charge in [0.05, 0.1) is 24.9 Å². The van der Waals surface area contributed by atoms with Gasteiger partial charge in [-0.3, -0.25) is 0 Å². The molecule has 0 spiro atoms. The Morgan fingerprint density at radius 1 is 1.23 bits per heavy atom. The maximum Gasteiger partial charge on any atom is 0.334 e. The van der Waals surface area contributed by atoms with Gasteiger partial charge in [0.2, 0.25) is 0 Å². The molecule has 3 atom stereocenters. The second kappa shape index (κ2) is 10.5. The summed E-state index contributed by atoms with van der Waals surface area (Å²) in [6.07, 6.45) is 0.566. The Hall–Kier alpha value is -1.69. The Morgan fingerprint density at radius 3 is 2.38 bits per heavy atom. The quantitative estimate of drug-likeness (QED) is 0.535. The van der Waals surface area contributed by atoms with Gasteiger partial charge >= 0.3 is 5.97 Å². The first-order chi connectivity index (χ1) is 12.1. The molecule has 0 fully saturated rings. The number of esters is 1. The van der Waals surface area contributed by atoms with Crippen molar-refractivity contribution in [2.45, 2.75) is 71.6 Å². The van der Waals surface area contributed by atoms with E-state index in [-0.39, 0.29) is 12.1 Å². The molecule has 1 aromatic carbocycles. The van der Waals surface area contributed by atoms with Crippen LogP contribution in [0.5, 0.6) is 0 Å². The molecular formula is C21H32O5. The third-order valence-corrected chi connectivity index (χ3v) is 3.85. The van der Waals surface area contributed by atoms with Crippen LogP contribution in [0.1, 0.15) is 46.6 Å². The Balaban J connectivity index is 2.84. The molecule has 1 rings (SSSR count). The minimum absolute atomic E-state index is 0.321. The normalized spacial score (nSPS) is 16.0. The molecule has 5 heteroatoms. The first-order valence-electron chi connectivity index (χ1n) is 8.90. The molecule has 0 saturated heterocycles. The van der Waals surface area contributed by atoms with E-state index in [0.29, 0.717) is 18.6 Å². The molecule has 5 nitrogen and oxygen atoms in total. The summed E-state index contributed by atoms with van der Waals surface area (Å²) in [5.74, 6) is -0.389. The van der Waals surface area contributed by atoms with Crippen molar-refractivity contribution < 1.29 is 24.1 Å². The van der Waals surface area contributed by atoms with Gasteiger partial charge < -0.3 is 19.3 Å². The summed E-state index contributed by atoms with van der Waals surface area (Å²) in [7, 11) is 1.55. The van der Waals surface area contributed by atoms with E-state index in [0.717, 1.165) is 5.56 Å². The molecule has 1 N–H and O–H groups in total. The highest BCUT2D eigenvalue weighted by Crippen LogP contribution is 2.16. The zero-order chi connectivity index (χ0) is 19.7. The number of methoxy groups -OCH3 is 1. The molecule has 0 aromatic heterocycles. The van der Waals surface area contributed by atoms with Crippen molar-refractivity contribution in [3.05, 3.63) is 47.5 Å². The fourth-order valence-electron chi connectivity index (χ4n) is 2.25. The number of hydrogen-bond acceptors (Lipinski definition) is 5. The molecule has 0 saturated carbocycles. The fraction of sp³-hybridized carbons (Fsp3) is 0.571. The van der Waals surface area contributed by atoms with E-state index in [4.69, 9.17) is 14.2 Å². The zero-order valence-electron chi connectivity index (χ0n) is 16.7. The average molecular weight is 364 g/mol. The summed E-state index contributed by atoms with van der Waals surface area (Å²) in [6.45, 7) is 9.35. The first kappa shape index (κ1) is 22.4. The van der Waals surface area contributed by atoms with Crippen molar-refractivity contribution >= 4 is 5.97 Å². The number of carbonyl (C=O) groups excluding carboxylic acids is 1. The maximum atomic E-state index is 12.2. The van der Waals surface area contributed by atoms with Gasteiger partial charge in [0.15, 0.2) is 0 Å². The van der Waals surface area contributed by atoms with E-state index in [1.165, 1.54) is 0 Å². The molecule has 0 aliphatic carbocycles. The van der Waals surface area contributed by atoms with Crippen LogP contribution in [-0.2, 0) is 25.6 Å². The average Bonchev–Trinajstić information content (AvgIpc) is 2.58. The minimum atomic E-state index is -0.705. The van der Waals surface area contributed by atoms with Crippen LogP contribution in [0.25, 0.3) is 0 Å². The van der Waals surface area contributed by atoms with Gasteiger partial charge in [-0.15, -0.1) is 0 Å². The number of ether oxygens (including phenoxy) is 3.